The maximum Gasteiger partial charge on any atom is 0.416 e. The summed E-state index contributed by atoms with van der Waals surface area (Å²) in [5.41, 5.74) is 1.48. The van der Waals surface area contributed by atoms with Gasteiger partial charge >= 0.3 is 6.18 Å². The van der Waals surface area contributed by atoms with Gasteiger partial charge in [-0.2, -0.15) is 13.2 Å². The molecule has 5 nitrogen and oxygen atoms in total. The Bertz CT molecular complexity index is 1070. The fourth-order valence-corrected chi connectivity index (χ4v) is 5.69. The van der Waals surface area contributed by atoms with Crippen molar-refractivity contribution in [2.24, 2.45) is 17.5 Å². The molecule has 2 heterocycles. The van der Waals surface area contributed by atoms with Crippen molar-refractivity contribution in [3.63, 3.8) is 0 Å². The summed E-state index contributed by atoms with van der Waals surface area (Å²) in [6, 6.07) is 5.76. The van der Waals surface area contributed by atoms with Gasteiger partial charge in [0.2, 0.25) is 0 Å². The summed E-state index contributed by atoms with van der Waals surface area (Å²) in [6.45, 7) is 8.67. The molecule has 2 aliphatic rings. The molecule has 0 amide bonds. The molecular weight excluding hydrogens is 459 g/mol. The van der Waals surface area contributed by atoms with Gasteiger partial charge in [-0.25, -0.2) is 0 Å². The highest BCUT2D eigenvalue weighted by atomic mass is 32.2. The van der Waals surface area contributed by atoms with E-state index < -0.39 is 11.7 Å². The summed E-state index contributed by atoms with van der Waals surface area (Å²) in [7, 11) is 1.95. The molecule has 2 fully saturated rings. The van der Waals surface area contributed by atoms with Gasteiger partial charge in [0.25, 0.3) is 0 Å². The van der Waals surface area contributed by atoms with Crippen LogP contribution in [0, 0.1) is 5.41 Å². The number of aromatic nitrogens is 3. The van der Waals surface area contributed by atoms with Gasteiger partial charge in [-0.15, -0.1) is 10.2 Å². The van der Waals surface area contributed by atoms with Gasteiger partial charge in [-0.3, -0.25) is 4.99 Å². The van der Waals surface area contributed by atoms with E-state index in [1.165, 1.54) is 12.1 Å². The Hall–Kier alpha value is -2.39. The van der Waals surface area contributed by atoms with Crippen molar-refractivity contribution in [1.82, 2.24) is 19.7 Å². The molecule has 182 valence electrons. The Morgan fingerprint density at radius 2 is 2.06 bits per heavy atom. The number of halogens is 3. The number of allylic oxidation sites excluding steroid dienone is 2. The highest BCUT2D eigenvalue weighted by Gasteiger charge is 2.57. The molecule has 34 heavy (non-hydrogen) atoms. The highest BCUT2D eigenvalue weighted by molar-refractivity contribution is 7.99. The van der Waals surface area contributed by atoms with E-state index in [0.717, 1.165) is 66.9 Å². The molecule has 1 aliphatic carbocycles. The molecule has 0 N–H and O–H groups in total. The fourth-order valence-electron chi connectivity index (χ4n) is 4.86. The Kier molecular flexibility index (Phi) is 7.33. The maximum absolute atomic E-state index is 12.8. The van der Waals surface area contributed by atoms with Crippen LogP contribution in [-0.2, 0) is 13.2 Å². The summed E-state index contributed by atoms with van der Waals surface area (Å²) in [6.07, 6.45) is 4.13. The zero-order chi connectivity index (χ0) is 24.3. The van der Waals surface area contributed by atoms with Crippen molar-refractivity contribution >= 4 is 23.7 Å². The normalized spacial score (nSPS) is 23.3. The van der Waals surface area contributed by atoms with Crippen LogP contribution in [0.1, 0.15) is 49.1 Å². The lowest BCUT2D eigenvalue weighted by molar-refractivity contribution is -0.137. The van der Waals surface area contributed by atoms with Gasteiger partial charge < -0.3 is 9.47 Å². The average molecular weight is 490 g/mol. The van der Waals surface area contributed by atoms with E-state index in [4.69, 9.17) is 0 Å². The zero-order valence-electron chi connectivity index (χ0n) is 19.6. The van der Waals surface area contributed by atoms with Crippen LogP contribution in [0.5, 0.6) is 0 Å². The number of benzene rings is 1. The summed E-state index contributed by atoms with van der Waals surface area (Å²) < 4.78 is 40.5. The van der Waals surface area contributed by atoms with E-state index in [9.17, 15) is 13.2 Å². The number of likely N-dealkylation sites (tertiary alicyclic amines) is 1. The predicted molar refractivity (Wildman–Crippen MR) is 131 cm³/mol. The first-order valence-electron chi connectivity index (χ1n) is 11.5. The van der Waals surface area contributed by atoms with Gasteiger partial charge in [-0.05, 0) is 68.3 Å². The smallest absolute Gasteiger partial charge is 0.304 e. The zero-order valence-corrected chi connectivity index (χ0v) is 20.4. The summed E-state index contributed by atoms with van der Waals surface area (Å²) in [5.74, 6) is 2.06. The molecule has 1 saturated carbocycles. The largest absolute Gasteiger partial charge is 0.416 e. The van der Waals surface area contributed by atoms with E-state index >= 15 is 0 Å². The van der Waals surface area contributed by atoms with Crippen LogP contribution in [0.3, 0.4) is 0 Å². The van der Waals surface area contributed by atoms with Crippen LogP contribution in [0.15, 0.2) is 53.1 Å². The predicted octanol–water partition coefficient (Wildman–Crippen LogP) is 5.81. The average Bonchev–Trinajstić information content (AvgIpc) is 3.17. The molecule has 2 aromatic rings. The third-order valence-electron chi connectivity index (χ3n) is 6.80. The second-order valence-corrected chi connectivity index (χ2v) is 10.1. The lowest BCUT2D eigenvalue weighted by Crippen LogP contribution is -2.23. The van der Waals surface area contributed by atoms with Crippen molar-refractivity contribution in [2.45, 2.75) is 43.4 Å². The Morgan fingerprint density at radius 1 is 1.29 bits per heavy atom. The lowest BCUT2D eigenvalue weighted by Gasteiger charge is -2.16. The van der Waals surface area contributed by atoms with Gasteiger partial charge in [0.15, 0.2) is 11.0 Å². The summed E-state index contributed by atoms with van der Waals surface area (Å²) >= 11 is 1.69. The van der Waals surface area contributed by atoms with Crippen LogP contribution in [0.2, 0.25) is 0 Å². The van der Waals surface area contributed by atoms with Crippen LogP contribution in [-0.4, -0.2) is 51.3 Å². The highest BCUT2D eigenvalue weighted by Crippen LogP contribution is 2.64. The van der Waals surface area contributed by atoms with E-state index in [1.807, 2.05) is 24.6 Å². The van der Waals surface area contributed by atoms with Crippen LogP contribution < -0.4 is 0 Å². The maximum atomic E-state index is 12.8. The molecule has 1 aliphatic heterocycles. The van der Waals surface area contributed by atoms with E-state index in [2.05, 4.69) is 26.7 Å². The molecule has 1 saturated heterocycles. The summed E-state index contributed by atoms with van der Waals surface area (Å²) in [4.78, 5) is 6.84. The minimum Gasteiger partial charge on any atom is -0.304 e. The standard InChI is InChI=1S/C25H30F3N5S/c1-4-12-29-21(5-2)22-30-31-23(32(22)3)34-15-6-13-33-14-11-24(17-33)16-20(24)18-7-9-19(10-8-18)25(26,27)28/h4-5,7-10,12,20H,1,6,11,13-17H2,2-3H3/b21-5-,29-12?. The van der Waals surface area contributed by atoms with Crippen molar-refractivity contribution in [1.29, 1.82) is 0 Å². The monoisotopic (exact) mass is 489 g/mol. The minimum absolute atomic E-state index is 0.250. The number of alkyl halides is 3. The number of thioether (sulfide) groups is 1. The molecule has 1 aromatic heterocycles. The molecule has 4 rings (SSSR count). The molecule has 9 heteroatoms. The third kappa shape index (κ3) is 5.30. The molecular formula is C25H30F3N5S. The first kappa shape index (κ1) is 24.7. The quantitative estimate of drug-likeness (QED) is 0.253. The van der Waals surface area contributed by atoms with E-state index in [1.54, 1.807) is 36.2 Å². The third-order valence-corrected chi connectivity index (χ3v) is 7.91. The Labute approximate surface area is 202 Å². The second-order valence-electron chi connectivity index (χ2n) is 9.02. The van der Waals surface area contributed by atoms with Crippen molar-refractivity contribution in [3.05, 3.63) is 59.9 Å². The van der Waals surface area contributed by atoms with Gasteiger partial charge in [0.1, 0.15) is 5.70 Å². The second kappa shape index (κ2) is 10.1. The van der Waals surface area contributed by atoms with Crippen LogP contribution in [0.4, 0.5) is 13.2 Å². The molecule has 1 spiro atoms. The lowest BCUT2D eigenvalue weighted by atomic mass is 9.97. The number of aliphatic imine (C=N–C) groups is 1. The topological polar surface area (TPSA) is 46.3 Å². The van der Waals surface area contributed by atoms with Crippen molar-refractivity contribution < 1.29 is 13.2 Å². The SMILES string of the molecule is C=CC=N/C(=C\C)c1nnc(SCCCN2CCC3(CC3c3ccc(C(F)(F)F)cc3)C2)n1C. The van der Waals surface area contributed by atoms with E-state index in [-0.39, 0.29) is 5.41 Å². The minimum atomic E-state index is -4.27. The molecule has 0 radical (unpaired) electrons. The van der Waals surface area contributed by atoms with Gasteiger partial charge in [-0.1, -0.05) is 42.6 Å². The van der Waals surface area contributed by atoms with Crippen LogP contribution >= 0.6 is 11.8 Å². The summed E-state index contributed by atoms with van der Waals surface area (Å²) in [5, 5.41) is 9.46. The van der Waals surface area contributed by atoms with Crippen molar-refractivity contribution in [3.8, 4) is 0 Å². The van der Waals surface area contributed by atoms with E-state index in [0.29, 0.717) is 5.92 Å². The van der Waals surface area contributed by atoms with Gasteiger partial charge in [0, 0.05) is 25.6 Å². The molecule has 1 aromatic carbocycles. The number of nitrogens with zero attached hydrogens (tertiary/aromatic N) is 5. The Balaban J connectivity index is 1.23. The first-order valence-corrected chi connectivity index (χ1v) is 12.5. The number of hydrogen-bond donors (Lipinski definition) is 0. The molecule has 2 atom stereocenters. The van der Waals surface area contributed by atoms with Gasteiger partial charge in [0.05, 0.1) is 5.56 Å². The number of rotatable bonds is 9. The molecule has 0 bridgehead atoms. The molecule has 2 unspecified atom stereocenters. The van der Waals surface area contributed by atoms with Crippen LogP contribution in [0.25, 0.3) is 5.70 Å². The number of hydrogen-bond acceptors (Lipinski definition) is 5. The van der Waals surface area contributed by atoms with Crippen molar-refractivity contribution in [2.75, 3.05) is 25.4 Å². The Morgan fingerprint density at radius 3 is 2.74 bits per heavy atom. The fraction of sp³-hybridized carbons (Fsp3) is 0.480. The first-order chi connectivity index (χ1) is 16.3.